The Morgan fingerprint density at radius 3 is 2.70 bits per heavy atom. The van der Waals surface area contributed by atoms with Crippen LogP contribution < -0.4 is 0 Å². The van der Waals surface area contributed by atoms with Gasteiger partial charge in [0.05, 0.1) is 19.8 Å². The molecule has 0 saturated carbocycles. The predicted molar refractivity (Wildman–Crippen MR) is 107 cm³/mol. The lowest BCUT2D eigenvalue weighted by atomic mass is 9.75. The van der Waals surface area contributed by atoms with Gasteiger partial charge in [-0.3, -0.25) is 4.79 Å². The van der Waals surface area contributed by atoms with Crippen LogP contribution in [-0.4, -0.2) is 44.2 Å². The van der Waals surface area contributed by atoms with Gasteiger partial charge in [0.15, 0.2) is 0 Å². The highest BCUT2D eigenvalue weighted by molar-refractivity contribution is 5.88. The Hall–Kier alpha value is -2.07. The van der Waals surface area contributed by atoms with Crippen molar-refractivity contribution in [3.8, 4) is 0 Å². The largest absolute Gasteiger partial charge is 0.500 e. The second-order valence-electron chi connectivity index (χ2n) is 7.52. The Bertz CT molecular complexity index is 710. The Balaban J connectivity index is 1.91. The lowest BCUT2D eigenvalue weighted by Gasteiger charge is -2.38. The molecule has 1 aromatic carbocycles. The molecule has 1 heterocycles. The molecule has 3 rings (SSSR count). The molecule has 4 heteroatoms. The molecule has 0 aromatic heterocycles. The fourth-order valence-corrected chi connectivity index (χ4v) is 4.45. The molecule has 1 aliphatic heterocycles. The molecule has 1 saturated heterocycles. The number of hydrogen-bond acceptors (Lipinski definition) is 3. The fraction of sp³-hybridized carbons (Fsp3) is 0.522. The first-order valence-corrected chi connectivity index (χ1v) is 9.93. The summed E-state index contributed by atoms with van der Waals surface area (Å²) < 4.78 is 11.1. The molecule has 0 bridgehead atoms. The van der Waals surface area contributed by atoms with Crippen LogP contribution in [-0.2, 0) is 20.7 Å². The zero-order valence-electron chi connectivity index (χ0n) is 16.7. The zero-order chi connectivity index (χ0) is 19.3. The van der Waals surface area contributed by atoms with E-state index in [-0.39, 0.29) is 11.9 Å². The van der Waals surface area contributed by atoms with Gasteiger partial charge in [-0.2, -0.15) is 0 Å². The molecular weight excluding hydrogens is 338 g/mol. The molecule has 1 fully saturated rings. The maximum Gasteiger partial charge on any atom is 0.240 e. The Labute approximate surface area is 162 Å². The summed E-state index contributed by atoms with van der Waals surface area (Å²) in [5, 5.41) is 0. The lowest BCUT2D eigenvalue weighted by molar-refractivity contribution is -0.141. The van der Waals surface area contributed by atoms with Gasteiger partial charge in [0, 0.05) is 13.7 Å². The van der Waals surface area contributed by atoms with Crippen LogP contribution in [0.5, 0.6) is 0 Å². The van der Waals surface area contributed by atoms with Crippen molar-refractivity contribution < 1.29 is 14.3 Å². The van der Waals surface area contributed by atoms with E-state index >= 15 is 0 Å². The standard InChI is InChI=1S/C23H31NO3/c1-4-23(22(25)24-14-8-11-20(24)17-26-2)16-19(12-13-21(23)27-3)15-18-9-6-5-7-10-18/h5-7,9-10,13,16,20H,4,8,11-12,14-15,17H2,1-3H3/t20-,23+/m0/s1. The lowest BCUT2D eigenvalue weighted by Crippen LogP contribution is -2.48. The summed E-state index contributed by atoms with van der Waals surface area (Å²) in [4.78, 5) is 15.7. The van der Waals surface area contributed by atoms with E-state index in [4.69, 9.17) is 9.47 Å². The third-order valence-electron chi connectivity index (χ3n) is 5.87. The SMILES string of the molecule is CC[C@@]1(C(=O)N2CCC[C@H]2COC)C=C(Cc2ccccc2)CC=C1OC. The quantitative estimate of drug-likeness (QED) is 0.679. The minimum atomic E-state index is -0.701. The average molecular weight is 370 g/mol. The summed E-state index contributed by atoms with van der Waals surface area (Å²) in [6.07, 6.45) is 8.71. The van der Waals surface area contributed by atoms with Crippen LogP contribution in [0.15, 0.2) is 53.8 Å². The minimum Gasteiger partial charge on any atom is -0.500 e. The number of carbonyl (C=O) groups is 1. The monoisotopic (exact) mass is 369 g/mol. The second-order valence-corrected chi connectivity index (χ2v) is 7.52. The van der Waals surface area contributed by atoms with Crippen LogP contribution in [0.25, 0.3) is 0 Å². The van der Waals surface area contributed by atoms with Gasteiger partial charge in [0.2, 0.25) is 5.91 Å². The third-order valence-corrected chi connectivity index (χ3v) is 5.87. The number of rotatable bonds is 7. The van der Waals surface area contributed by atoms with Gasteiger partial charge in [-0.25, -0.2) is 0 Å². The first kappa shape index (κ1) is 19.7. The van der Waals surface area contributed by atoms with Gasteiger partial charge < -0.3 is 14.4 Å². The normalized spacial score (nSPS) is 25.1. The average Bonchev–Trinajstić information content (AvgIpc) is 3.16. The van der Waals surface area contributed by atoms with Crippen molar-refractivity contribution >= 4 is 5.91 Å². The van der Waals surface area contributed by atoms with Crippen LogP contribution >= 0.6 is 0 Å². The van der Waals surface area contributed by atoms with Gasteiger partial charge in [0.1, 0.15) is 11.2 Å². The second kappa shape index (κ2) is 8.75. The molecule has 1 amide bonds. The van der Waals surface area contributed by atoms with Crippen molar-refractivity contribution in [2.45, 2.75) is 45.1 Å². The molecule has 0 spiro atoms. The number of allylic oxidation sites excluding steroid dienone is 2. The number of carbonyl (C=O) groups excluding carboxylic acids is 1. The maximum atomic E-state index is 13.7. The number of amides is 1. The highest BCUT2D eigenvalue weighted by atomic mass is 16.5. The number of nitrogens with zero attached hydrogens (tertiary/aromatic N) is 1. The number of ether oxygens (including phenoxy) is 2. The Kier molecular flexibility index (Phi) is 6.38. The van der Waals surface area contributed by atoms with Gasteiger partial charge in [-0.1, -0.05) is 48.9 Å². The zero-order valence-corrected chi connectivity index (χ0v) is 16.7. The summed E-state index contributed by atoms with van der Waals surface area (Å²) in [5.41, 5.74) is 1.85. The van der Waals surface area contributed by atoms with Crippen molar-refractivity contribution in [3.05, 3.63) is 59.4 Å². The van der Waals surface area contributed by atoms with Crippen LogP contribution in [0.2, 0.25) is 0 Å². The molecule has 0 N–H and O–H groups in total. The van der Waals surface area contributed by atoms with E-state index in [1.807, 2.05) is 11.0 Å². The Morgan fingerprint density at radius 1 is 1.26 bits per heavy atom. The summed E-state index contributed by atoms with van der Waals surface area (Å²) in [6.45, 7) is 3.47. The first-order valence-electron chi connectivity index (χ1n) is 9.93. The summed E-state index contributed by atoms with van der Waals surface area (Å²) >= 11 is 0. The van der Waals surface area contributed by atoms with Gasteiger partial charge in [-0.15, -0.1) is 0 Å². The van der Waals surface area contributed by atoms with Crippen LogP contribution in [0.4, 0.5) is 0 Å². The minimum absolute atomic E-state index is 0.155. The van der Waals surface area contributed by atoms with Crippen molar-refractivity contribution in [3.63, 3.8) is 0 Å². The topological polar surface area (TPSA) is 38.8 Å². The highest BCUT2D eigenvalue weighted by Gasteiger charge is 2.46. The first-order chi connectivity index (χ1) is 13.1. The van der Waals surface area contributed by atoms with E-state index in [1.54, 1.807) is 14.2 Å². The summed E-state index contributed by atoms with van der Waals surface area (Å²) in [5.74, 6) is 0.942. The van der Waals surface area contributed by atoms with Crippen LogP contribution in [0.1, 0.15) is 38.2 Å². The van der Waals surface area contributed by atoms with Crippen LogP contribution in [0.3, 0.4) is 0 Å². The third kappa shape index (κ3) is 3.96. The summed E-state index contributed by atoms with van der Waals surface area (Å²) in [7, 11) is 3.38. The van der Waals surface area contributed by atoms with E-state index in [0.29, 0.717) is 13.0 Å². The van der Waals surface area contributed by atoms with E-state index < -0.39 is 5.41 Å². The molecule has 146 valence electrons. The highest BCUT2D eigenvalue weighted by Crippen LogP contribution is 2.42. The number of benzene rings is 1. The van der Waals surface area contributed by atoms with Gasteiger partial charge in [-0.05, 0) is 43.7 Å². The van der Waals surface area contributed by atoms with E-state index in [9.17, 15) is 4.79 Å². The van der Waals surface area contributed by atoms with Crippen molar-refractivity contribution in [1.82, 2.24) is 4.90 Å². The van der Waals surface area contributed by atoms with E-state index in [1.165, 1.54) is 11.1 Å². The molecule has 27 heavy (non-hydrogen) atoms. The number of likely N-dealkylation sites (tertiary alicyclic amines) is 1. The molecule has 2 aliphatic rings. The van der Waals surface area contributed by atoms with E-state index in [2.05, 4.69) is 43.3 Å². The number of hydrogen-bond donors (Lipinski definition) is 0. The predicted octanol–water partition coefficient (Wildman–Crippen LogP) is 4.12. The Morgan fingerprint density at radius 2 is 2.04 bits per heavy atom. The van der Waals surface area contributed by atoms with Gasteiger partial charge >= 0.3 is 0 Å². The molecule has 0 unspecified atom stereocenters. The number of methoxy groups -OCH3 is 2. The molecule has 4 nitrogen and oxygen atoms in total. The van der Waals surface area contributed by atoms with Gasteiger partial charge in [0.25, 0.3) is 0 Å². The molecule has 1 aromatic rings. The fourth-order valence-electron chi connectivity index (χ4n) is 4.45. The molecule has 1 aliphatic carbocycles. The van der Waals surface area contributed by atoms with E-state index in [0.717, 1.165) is 38.0 Å². The smallest absolute Gasteiger partial charge is 0.240 e. The van der Waals surface area contributed by atoms with Crippen molar-refractivity contribution in [1.29, 1.82) is 0 Å². The van der Waals surface area contributed by atoms with Crippen molar-refractivity contribution in [2.24, 2.45) is 5.41 Å². The molecule has 2 atom stereocenters. The molecule has 0 radical (unpaired) electrons. The van der Waals surface area contributed by atoms with Crippen molar-refractivity contribution in [2.75, 3.05) is 27.4 Å². The molecular formula is C23H31NO3. The van der Waals surface area contributed by atoms with Crippen LogP contribution in [0, 0.1) is 5.41 Å². The maximum absolute atomic E-state index is 13.7. The summed E-state index contributed by atoms with van der Waals surface area (Å²) in [6, 6.07) is 10.6.